The lowest BCUT2D eigenvalue weighted by atomic mass is 9.83. The van der Waals surface area contributed by atoms with Crippen molar-refractivity contribution in [2.75, 3.05) is 41.9 Å². The Kier molecular flexibility index (Phi) is 23.5. The average molecular weight is 997 g/mol. The first-order valence-corrected chi connectivity index (χ1v) is 26.3. The third-order valence-electron chi connectivity index (χ3n) is 14.0. The molecule has 5 amide bonds. The number of carbonyl (C=O) groups excluding carboxylic acids is 6. The van der Waals surface area contributed by atoms with Crippen LogP contribution in [0.4, 0.5) is 4.79 Å². The fraction of sp³-hybridized carbons (Fsp3) is 0.722. The first kappa shape index (κ1) is 59.9. The summed E-state index contributed by atoms with van der Waals surface area (Å²) >= 11 is 1.49. The SMILES string of the molecule is CC[C@H](C)[C@@H]([C@@H](CC(=O)N1CCC[C@H]1[C@H](OC)[C@@H](C)C(=O)N[C@@H](Cc1ccccc1)c1nccs1)OC)N(C)C(=O)[C@@H](CC(=O)[C@H](C(C)C)N(C)C(=O)[C@H](CC(C)C)N(C)C(=O)OC(C)(C)C)C(C)C. The van der Waals surface area contributed by atoms with Gasteiger partial charge in [0.15, 0.2) is 5.78 Å². The minimum atomic E-state index is -0.871. The predicted molar refractivity (Wildman–Crippen MR) is 276 cm³/mol. The molecule has 10 atom stereocenters. The normalized spacial score (nSPS) is 18.1. The topological polar surface area (TPSA) is 168 Å². The molecule has 0 bridgehead atoms. The monoisotopic (exact) mass is 997 g/mol. The molecule has 1 aromatic carbocycles. The minimum absolute atomic E-state index is 0.0112. The number of Topliss-reactive ketones (excluding diaryl/α,β-unsaturated/α-hetero) is 1. The van der Waals surface area contributed by atoms with Crippen LogP contribution in [0.5, 0.6) is 0 Å². The molecule has 1 aliphatic heterocycles. The smallest absolute Gasteiger partial charge is 0.410 e. The molecule has 0 unspecified atom stereocenters. The number of nitrogens with one attached hydrogen (secondary N) is 1. The van der Waals surface area contributed by atoms with Crippen LogP contribution in [0.25, 0.3) is 0 Å². The van der Waals surface area contributed by atoms with E-state index in [4.69, 9.17) is 14.2 Å². The summed E-state index contributed by atoms with van der Waals surface area (Å²) in [5, 5.41) is 5.94. The number of ketones is 1. The molecule has 1 saturated heterocycles. The second-order valence-electron chi connectivity index (χ2n) is 21.6. The standard InChI is InChI=1S/C54H88N6O9S/c1-18-36(8)47(59(15)51(64)39(34(4)5)31-43(61)46(35(6)7)58(14)52(65)42(29-33(2)3)57(13)53(66)69-54(10,11)12)44(67-16)32-45(62)60-27-22-25-41(60)48(68-17)37(9)49(63)56-40(50-55-26-28-70-50)30-38-23-20-19-21-24-38/h19-21,23-24,26,28,33-37,39-42,44,46-48H,18,22,25,27,29-32H2,1-17H3,(H,56,63)/t36-,37+,39-,40-,41-,42-,44+,46-,47-,48+/m0/s1. The first-order chi connectivity index (χ1) is 32.8. The van der Waals surface area contributed by atoms with Crippen LogP contribution in [0, 0.1) is 35.5 Å². The van der Waals surface area contributed by atoms with Crippen molar-refractivity contribution in [1.82, 2.24) is 29.9 Å². The van der Waals surface area contributed by atoms with Crippen molar-refractivity contribution in [3.8, 4) is 0 Å². The highest BCUT2D eigenvalue weighted by Crippen LogP contribution is 2.32. The lowest BCUT2D eigenvalue weighted by molar-refractivity contribution is -0.150. The van der Waals surface area contributed by atoms with Gasteiger partial charge >= 0.3 is 6.09 Å². The fourth-order valence-corrected chi connectivity index (χ4v) is 10.7. The highest BCUT2D eigenvalue weighted by molar-refractivity contribution is 7.09. The van der Waals surface area contributed by atoms with E-state index in [1.165, 1.54) is 21.1 Å². The third-order valence-corrected chi connectivity index (χ3v) is 14.9. The lowest BCUT2D eigenvalue weighted by Crippen LogP contribution is -2.56. The maximum Gasteiger partial charge on any atom is 0.410 e. The van der Waals surface area contributed by atoms with Crippen molar-refractivity contribution in [1.29, 1.82) is 0 Å². The molecule has 3 rings (SSSR count). The summed E-state index contributed by atoms with van der Waals surface area (Å²) in [6, 6.07) is 7.01. The van der Waals surface area contributed by atoms with Crippen molar-refractivity contribution in [2.45, 2.75) is 176 Å². The van der Waals surface area contributed by atoms with Crippen LogP contribution >= 0.6 is 11.3 Å². The first-order valence-electron chi connectivity index (χ1n) is 25.4. The van der Waals surface area contributed by atoms with Crippen molar-refractivity contribution in [3.63, 3.8) is 0 Å². The molecule has 1 fully saturated rings. The number of hydrogen-bond donors (Lipinski definition) is 1. The van der Waals surface area contributed by atoms with Crippen molar-refractivity contribution >= 4 is 46.8 Å². The van der Waals surface area contributed by atoms with Gasteiger partial charge in [0.1, 0.15) is 16.7 Å². The average Bonchev–Trinajstić information content (AvgIpc) is 4.02. The molecular formula is C54H88N6O9S. The lowest BCUT2D eigenvalue weighted by Gasteiger charge is -2.41. The number of rotatable bonds is 26. The molecule has 2 heterocycles. The van der Waals surface area contributed by atoms with Gasteiger partial charge in [-0.05, 0) is 75.7 Å². The Labute approximate surface area is 424 Å². The molecule has 2 aromatic rings. The van der Waals surface area contributed by atoms with Gasteiger partial charge < -0.3 is 34.2 Å². The molecule has 1 N–H and O–H groups in total. The quantitative estimate of drug-likeness (QED) is 0.0966. The van der Waals surface area contributed by atoms with Crippen molar-refractivity contribution in [3.05, 3.63) is 52.5 Å². The maximum absolute atomic E-state index is 14.8. The summed E-state index contributed by atoms with van der Waals surface area (Å²) in [6.45, 7) is 23.2. The van der Waals surface area contributed by atoms with Crippen LogP contribution in [0.2, 0.25) is 0 Å². The second-order valence-corrected chi connectivity index (χ2v) is 22.5. The number of amides is 5. The summed E-state index contributed by atoms with van der Waals surface area (Å²) in [6.07, 6.45) is 2.74. The second kappa shape index (κ2) is 27.4. The van der Waals surface area contributed by atoms with E-state index >= 15 is 0 Å². The third kappa shape index (κ3) is 16.3. The van der Waals surface area contributed by atoms with E-state index in [1.54, 1.807) is 67.2 Å². The molecule has 1 aliphatic rings. The Hall–Kier alpha value is -4.41. The van der Waals surface area contributed by atoms with Crippen LogP contribution < -0.4 is 5.32 Å². The van der Waals surface area contributed by atoms with E-state index < -0.39 is 53.9 Å². The van der Waals surface area contributed by atoms with Gasteiger partial charge in [0, 0.05) is 65.8 Å². The number of likely N-dealkylation sites (tertiary alicyclic amines) is 1. The number of methoxy groups -OCH3 is 2. The Balaban J connectivity index is 1.83. The number of aromatic nitrogens is 1. The number of hydrogen-bond acceptors (Lipinski definition) is 11. The van der Waals surface area contributed by atoms with Gasteiger partial charge in [-0.3, -0.25) is 28.9 Å². The Bertz CT molecular complexity index is 1970. The van der Waals surface area contributed by atoms with Crippen LogP contribution in [-0.4, -0.2) is 144 Å². The van der Waals surface area contributed by atoms with Crippen LogP contribution in [0.15, 0.2) is 41.9 Å². The highest BCUT2D eigenvalue weighted by Gasteiger charge is 2.44. The van der Waals surface area contributed by atoms with E-state index in [1.807, 2.05) is 103 Å². The largest absolute Gasteiger partial charge is 0.444 e. The van der Waals surface area contributed by atoms with Crippen molar-refractivity contribution in [2.24, 2.45) is 35.5 Å². The van der Waals surface area contributed by atoms with Gasteiger partial charge in [-0.2, -0.15) is 0 Å². The molecule has 0 saturated carbocycles. The highest BCUT2D eigenvalue weighted by atomic mass is 32.1. The fourth-order valence-electron chi connectivity index (χ4n) is 10.0. The number of likely N-dealkylation sites (N-methyl/N-ethyl adjacent to an activating group) is 3. The summed E-state index contributed by atoms with van der Waals surface area (Å²) in [5.74, 6) is -3.12. The molecule has 0 radical (unpaired) electrons. The summed E-state index contributed by atoms with van der Waals surface area (Å²) in [4.78, 5) is 96.3. The summed E-state index contributed by atoms with van der Waals surface area (Å²) in [7, 11) is 8.01. The van der Waals surface area contributed by atoms with E-state index in [-0.39, 0.29) is 78.0 Å². The van der Waals surface area contributed by atoms with E-state index in [9.17, 15) is 28.8 Å². The van der Waals surface area contributed by atoms with Crippen LogP contribution in [0.1, 0.15) is 138 Å². The zero-order valence-corrected chi connectivity index (χ0v) is 46.3. The zero-order chi connectivity index (χ0) is 52.8. The van der Waals surface area contributed by atoms with Gasteiger partial charge in [0.05, 0.1) is 48.7 Å². The van der Waals surface area contributed by atoms with Crippen molar-refractivity contribution < 1.29 is 43.0 Å². The van der Waals surface area contributed by atoms with Gasteiger partial charge in [0.25, 0.3) is 0 Å². The molecule has 16 heteroatoms. The summed E-state index contributed by atoms with van der Waals surface area (Å²) in [5.41, 5.74) is 0.308. The molecular weight excluding hydrogens is 909 g/mol. The van der Waals surface area contributed by atoms with E-state index in [0.717, 1.165) is 17.0 Å². The van der Waals surface area contributed by atoms with Crippen LogP contribution in [-0.2, 0) is 44.6 Å². The van der Waals surface area contributed by atoms with Gasteiger partial charge in [0.2, 0.25) is 23.6 Å². The molecule has 70 heavy (non-hydrogen) atoms. The molecule has 394 valence electrons. The zero-order valence-electron chi connectivity index (χ0n) is 45.5. The molecule has 1 aromatic heterocycles. The predicted octanol–water partition coefficient (Wildman–Crippen LogP) is 8.46. The molecule has 0 spiro atoms. The Morgan fingerprint density at radius 2 is 1.50 bits per heavy atom. The minimum Gasteiger partial charge on any atom is -0.444 e. The summed E-state index contributed by atoms with van der Waals surface area (Å²) < 4.78 is 17.8. The molecule has 15 nitrogen and oxygen atoms in total. The van der Waals surface area contributed by atoms with Gasteiger partial charge in [-0.25, -0.2) is 9.78 Å². The number of nitrogens with zero attached hydrogens (tertiary/aromatic N) is 5. The maximum atomic E-state index is 14.8. The van der Waals surface area contributed by atoms with Gasteiger partial charge in [-0.1, -0.05) is 99.1 Å². The van der Waals surface area contributed by atoms with Crippen LogP contribution in [0.3, 0.4) is 0 Å². The number of thiazole rings is 1. The van der Waals surface area contributed by atoms with E-state index in [0.29, 0.717) is 32.2 Å². The number of carbonyl (C=O) groups is 6. The van der Waals surface area contributed by atoms with E-state index in [2.05, 4.69) is 10.3 Å². The Morgan fingerprint density at radius 3 is 2.01 bits per heavy atom. The molecule has 0 aliphatic carbocycles. The van der Waals surface area contributed by atoms with Gasteiger partial charge in [-0.15, -0.1) is 11.3 Å². The number of benzene rings is 1. The number of ether oxygens (including phenoxy) is 3. The Morgan fingerprint density at radius 1 is 0.857 bits per heavy atom.